The molecule has 0 bridgehead atoms. The van der Waals surface area contributed by atoms with Gasteiger partial charge in [0.2, 0.25) is 0 Å². The van der Waals surface area contributed by atoms with E-state index in [2.05, 4.69) is 10.3 Å². The molecule has 4 nitrogen and oxygen atoms in total. The average molecular weight is 324 g/mol. The zero-order chi connectivity index (χ0) is 16.0. The Kier molecular flexibility index (Phi) is 3.23. The molecule has 3 heterocycles. The molecule has 1 atom stereocenters. The van der Waals surface area contributed by atoms with Crippen molar-refractivity contribution < 1.29 is 9.21 Å². The summed E-state index contributed by atoms with van der Waals surface area (Å²) in [4.78, 5) is 16.3. The molecule has 2 N–H and O–H groups in total. The molecule has 0 aliphatic heterocycles. The van der Waals surface area contributed by atoms with Crippen LogP contribution in [0, 0.1) is 6.92 Å². The van der Waals surface area contributed by atoms with Gasteiger partial charge in [-0.1, -0.05) is 18.2 Å². The summed E-state index contributed by atoms with van der Waals surface area (Å²) in [6.45, 7) is 3.97. The first-order valence-electron chi connectivity index (χ1n) is 7.49. The number of nitrogens with one attached hydrogen (secondary N) is 2. The third-order valence-electron chi connectivity index (χ3n) is 4.08. The number of hydrogen-bond donors (Lipinski definition) is 2. The lowest BCUT2D eigenvalue weighted by molar-refractivity contribution is 0.0940. The fourth-order valence-corrected chi connectivity index (χ4v) is 3.83. The molecule has 1 aromatic carbocycles. The van der Waals surface area contributed by atoms with Gasteiger partial charge in [-0.2, -0.15) is 0 Å². The average Bonchev–Trinajstić information content (AvgIpc) is 3.20. The van der Waals surface area contributed by atoms with Crippen LogP contribution >= 0.6 is 11.3 Å². The van der Waals surface area contributed by atoms with Crippen LogP contribution in [0.15, 0.2) is 47.0 Å². The highest BCUT2D eigenvalue weighted by Crippen LogP contribution is 2.30. The highest BCUT2D eigenvalue weighted by atomic mass is 32.1. The topological polar surface area (TPSA) is 58.0 Å². The van der Waals surface area contributed by atoms with E-state index in [-0.39, 0.29) is 11.9 Å². The number of aryl methyl sites for hydroxylation is 1. The van der Waals surface area contributed by atoms with Gasteiger partial charge in [0.25, 0.3) is 5.91 Å². The Balaban J connectivity index is 1.60. The first kappa shape index (κ1) is 14.1. The van der Waals surface area contributed by atoms with Crippen molar-refractivity contribution in [1.29, 1.82) is 0 Å². The number of thiophene rings is 1. The van der Waals surface area contributed by atoms with Gasteiger partial charge in [-0.3, -0.25) is 4.79 Å². The molecular weight excluding hydrogens is 308 g/mol. The number of aromatic nitrogens is 1. The minimum atomic E-state index is -0.185. The molecule has 0 aliphatic rings. The minimum absolute atomic E-state index is 0.0769. The molecule has 1 amide bonds. The van der Waals surface area contributed by atoms with E-state index in [1.54, 1.807) is 0 Å². The number of amides is 1. The Morgan fingerprint density at radius 2 is 2.13 bits per heavy atom. The van der Waals surface area contributed by atoms with Crippen LogP contribution in [0.4, 0.5) is 0 Å². The minimum Gasteiger partial charge on any atom is -0.459 e. The molecule has 23 heavy (non-hydrogen) atoms. The van der Waals surface area contributed by atoms with Crippen LogP contribution in [0.1, 0.15) is 34.0 Å². The molecule has 4 rings (SSSR count). The standard InChI is InChI=1S/C18H16N2O2S/c1-10-12-5-3-4-6-14(12)22-17(10)11(2)20-18(21)16-9-13-15(23-16)7-8-19-13/h3-9,11,19H,1-2H3,(H,20,21)/t11-/m1/s1. The summed E-state index contributed by atoms with van der Waals surface area (Å²) in [5.74, 6) is 0.730. The number of furan rings is 1. The quantitative estimate of drug-likeness (QED) is 0.570. The summed E-state index contributed by atoms with van der Waals surface area (Å²) >= 11 is 1.48. The maximum atomic E-state index is 12.5. The van der Waals surface area contributed by atoms with E-state index in [4.69, 9.17) is 4.42 Å². The molecule has 3 aromatic heterocycles. The van der Waals surface area contributed by atoms with E-state index < -0.39 is 0 Å². The largest absolute Gasteiger partial charge is 0.459 e. The second-order valence-corrected chi connectivity index (χ2v) is 6.73. The normalized spacial score (nSPS) is 12.8. The van der Waals surface area contributed by atoms with Gasteiger partial charge in [-0.15, -0.1) is 11.3 Å². The van der Waals surface area contributed by atoms with Crippen molar-refractivity contribution >= 4 is 38.4 Å². The van der Waals surface area contributed by atoms with Crippen LogP contribution < -0.4 is 5.32 Å². The number of carbonyl (C=O) groups excluding carboxylic acids is 1. The molecule has 0 radical (unpaired) electrons. The van der Waals surface area contributed by atoms with Crippen molar-refractivity contribution in [3.63, 3.8) is 0 Å². The SMILES string of the molecule is Cc1c([C@@H](C)NC(=O)c2cc3[nH]ccc3s2)oc2ccccc12. The van der Waals surface area contributed by atoms with Gasteiger partial charge in [-0.05, 0) is 32.0 Å². The fourth-order valence-electron chi connectivity index (χ4n) is 2.90. The predicted molar refractivity (Wildman–Crippen MR) is 93.0 cm³/mol. The molecule has 0 unspecified atom stereocenters. The number of carbonyl (C=O) groups is 1. The van der Waals surface area contributed by atoms with Gasteiger partial charge in [0.05, 0.1) is 21.1 Å². The van der Waals surface area contributed by atoms with Gasteiger partial charge in [0, 0.05) is 17.1 Å². The summed E-state index contributed by atoms with van der Waals surface area (Å²) < 4.78 is 7.01. The molecule has 0 saturated carbocycles. The van der Waals surface area contributed by atoms with Gasteiger partial charge < -0.3 is 14.7 Å². The number of rotatable bonds is 3. The Morgan fingerprint density at radius 1 is 1.30 bits per heavy atom. The lowest BCUT2D eigenvalue weighted by Crippen LogP contribution is -2.26. The van der Waals surface area contributed by atoms with Crippen molar-refractivity contribution in [3.05, 3.63) is 58.8 Å². The molecule has 4 aromatic rings. The van der Waals surface area contributed by atoms with Crippen molar-refractivity contribution in [2.24, 2.45) is 0 Å². The number of hydrogen-bond acceptors (Lipinski definition) is 3. The van der Waals surface area contributed by atoms with E-state index in [0.29, 0.717) is 4.88 Å². The van der Waals surface area contributed by atoms with E-state index in [0.717, 1.165) is 32.5 Å². The van der Waals surface area contributed by atoms with Crippen molar-refractivity contribution in [1.82, 2.24) is 10.3 Å². The van der Waals surface area contributed by atoms with Crippen molar-refractivity contribution in [2.75, 3.05) is 0 Å². The zero-order valence-corrected chi connectivity index (χ0v) is 13.7. The van der Waals surface area contributed by atoms with Gasteiger partial charge in [0.1, 0.15) is 11.3 Å². The highest BCUT2D eigenvalue weighted by molar-refractivity contribution is 7.20. The monoisotopic (exact) mass is 324 g/mol. The lowest BCUT2D eigenvalue weighted by Gasteiger charge is -2.11. The second kappa shape index (κ2) is 5.28. The molecule has 0 spiro atoms. The number of benzene rings is 1. The number of aromatic amines is 1. The van der Waals surface area contributed by atoms with Crippen LogP contribution in [0.5, 0.6) is 0 Å². The molecular formula is C18H16N2O2S. The third-order valence-corrected chi connectivity index (χ3v) is 5.18. The number of fused-ring (bicyclic) bond motifs is 2. The van der Waals surface area contributed by atoms with Crippen molar-refractivity contribution in [3.8, 4) is 0 Å². The van der Waals surface area contributed by atoms with Crippen LogP contribution in [0.3, 0.4) is 0 Å². The van der Waals surface area contributed by atoms with Gasteiger partial charge in [0.15, 0.2) is 0 Å². The maximum Gasteiger partial charge on any atom is 0.262 e. The summed E-state index contributed by atoms with van der Waals surface area (Å²) in [5, 5.41) is 4.12. The molecule has 0 fully saturated rings. The van der Waals surface area contributed by atoms with Crippen LogP contribution in [-0.2, 0) is 0 Å². The van der Waals surface area contributed by atoms with E-state index in [1.165, 1.54) is 11.3 Å². The maximum absolute atomic E-state index is 12.5. The van der Waals surface area contributed by atoms with Crippen LogP contribution in [0.2, 0.25) is 0 Å². The van der Waals surface area contributed by atoms with Crippen molar-refractivity contribution in [2.45, 2.75) is 19.9 Å². The fraction of sp³-hybridized carbons (Fsp3) is 0.167. The highest BCUT2D eigenvalue weighted by Gasteiger charge is 2.20. The molecule has 5 heteroatoms. The Bertz CT molecular complexity index is 980. The van der Waals surface area contributed by atoms with E-state index in [9.17, 15) is 4.79 Å². The first-order valence-corrected chi connectivity index (χ1v) is 8.31. The van der Waals surface area contributed by atoms with Crippen LogP contribution in [-0.4, -0.2) is 10.9 Å². The molecule has 0 saturated heterocycles. The Labute approximate surface area is 137 Å². The molecule has 0 aliphatic carbocycles. The van der Waals surface area contributed by atoms with Gasteiger partial charge in [-0.25, -0.2) is 0 Å². The summed E-state index contributed by atoms with van der Waals surface area (Å²) in [7, 11) is 0. The number of H-pyrrole nitrogens is 1. The smallest absolute Gasteiger partial charge is 0.262 e. The van der Waals surface area contributed by atoms with Crippen LogP contribution in [0.25, 0.3) is 21.2 Å². The summed E-state index contributed by atoms with van der Waals surface area (Å²) in [6, 6.07) is 11.6. The van der Waals surface area contributed by atoms with E-state index in [1.807, 2.05) is 56.4 Å². The predicted octanol–water partition coefficient (Wildman–Crippen LogP) is 4.78. The summed E-state index contributed by atoms with van der Waals surface area (Å²) in [6.07, 6.45) is 1.88. The molecule has 116 valence electrons. The lowest BCUT2D eigenvalue weighted by atomic mass is 10.1. The second-order valence-electron chi connectivity index (χ2n) is 5.65. The zero-order valence-electron chi connectivity index (χ0n) is 12.8. The summed E-state index contributed by atoms with van der Waals surface area (Å²) in [5.41, 5.74) is 2.92. The van der Waals surface area contributed by atoms with Gasteiger partial charge >= 0.3 is 0 Å². The Hall–Kier alpha value is -2.53. The Morgan fingerprint density at radius 3 is 2.91 bits per heavy atom. The third kappa shape index (κ3) is 2.33. The first-order chi connectivity index (χ1) is 11.1. The van der Waals surface area contributed by atoms with E-state index >= 15 is 0 Å². The number of para-hydroxylation sites is 1.